The van der Waals surface area contributed by atoms with Gasteiger partial charge in [-0.3, -0.25) is 9.80 Å². The average molecular weight is 425 g/mol. The van der Waals surface area contributed by atoms with Crippen molar-refractivity contribution >= 4 is 0 Å². The van der Waals surface area contributed by atoms with Crippen LogP contribution in [0.25, 0.3) is 0 Å². The summed E-state index contributed by atoms with van der Waals surface area (Å²) in [6.45, 7) is 9.92. The van der Waals surface area contributed by atoms with Gasteiger partial charge >= 0.3 is 0 Å². The lowest BCUT2D eigenvalue weighted by molar-refractivity contribution is -0.0315. The van der Waals surface area contributed by atoms with Crippen molar-refractivity contribution in [1.82, 2.24) is 19.6 Å². The Balaban J connectivity index is 1.12. The molecule has 0 saturated carbocycles. The van der Waals surface area contributed by atoms with Gasteiger partial charge in [0.2, 0.25) is 0 Å². The molecule has 2 aliphatic heterocycles. The van der Waals surface area contributed by atoms with Crippen LogP contribution in [0.3, 0.4) is 0 Å². The minimum absolute atomic E-state index is 0.495. The van der Waals surface area contributed by atoms with E-state index in [0.717, 1.165) is 76.6 Å². The highest BCUT2D eigenvalue weighted by molar-refractivity contribution is 5.17. The van der Waals surface area contributed by atoms with E-state index in [-0.39, 0.29) is 0 Å². The Hall–Kier alpha value is -1.80. The fraction of sp³-hybridized carbons (Fsp3) is 0.520. The molecule has 6 nitrogen and oxygen atoms in total. The lowest BCUT2D eigenvalue weighted by atomic mass is 10.1. The van der Waals surface area contributed by atoms with Gasteiger partial charge in [0.05, 0.1) is 0 Å². The summed E-state index contributed by atoms with van der Waals surface area (Å²) >= 11 is 0. The fourth-order valence-electron chi connectivity index (χ4n) is 4.65. The van der Waals surface area contributed by atoms with Crippen LogP contribution in [0, 0.1) is 0 Å². The van der Waals surface area contributed by atoms with Crippen molar-refractivity contribution < 1.29 is 10.2 Å². The first-order valence-electron chi connectivity index (χ1n) is 11.6. The highest BCUT2D eigenvalue weighted by Gasteiger charge is 2.25. The SMILES string of the molecule is OC(c1ccccc1)N1CCN(CCCN2CCN(C(O)c3ccccc3)CC2)CC1. The van der Waals surface area contributed by atoms with E-state index in [1.165, 1.54) is 6.42 Å². The van der Waals surface area contributed by atoms with Crippen LogP contribution in [0.4, 0.5) is 0 Å². The first kappa shape index (κ1) is 22.4. The molecule has 2 fully saturated rings. The maximum atomic E-state index is 10.6. The molecule has 0 aliphatic carbocycles. The van der Waals surface area contributed by atoms with Crippen molar-refractivity contribution in [3.8, 4) is 0 Å². The van der Waals surface area contributed by atoms with Gasteiger partial charge in [-0.2, -0.15) is 0 Å². The largest absolute Gasteiger partial charge is 0.374 e. The van der Waals surface area contributed by atoms with E-state index in [1.807, 2.05) is 60.7 Å². The standard InChI is InChI=1S/C25H36N4O2/c30-24(22-8-3-1-4-9-22)28-18-14-26(15-19-28)12-7-13-27-16-20-29(21-17-27)25(31)23-10-5-2-6-11-23/h1-6,8-11,24-25,30-31H,7,12-21H2. The van der Waals surface area contributed by atoms with Gasteiger partial charge in [0.25, 0.3) is 0 Å². The topological polar surface area (TPSA) is 53.4 Å². The van der Waals surface area contributed by atoms with Gasteiger partial charge in [0.1, 0.15) is 12.5 Å². The molecule has 31 heavy (non-hydrogen) atoms. The normalized spacial score (nSPS) is 21.7. The lowest BCUT2D eigenvalue weighted by Crippen LogP contribution is -2.49. The van der Waals surface area contributed by atoms with Gasteiger partial charge in [-0.25, -0.2) is 0 Å². The third kappa shape index (κ3) is 6.13. The summed E-state index contributed by atoms with van der Waals surface area (Å²) in [4.78, 5) is 9.37. The van der Waals surface area contributed by atoms with Gasteiger partial charge in [-0.05, 0) is 30.6 Å². The minimum Gasteiger partial charge on any atom is -0.374 e. The monoisotopic (exact) mass is 424 g/mol. The molecule has 2 aliphatic rings. The summed E-state index contributed by atoms with van der Waals surface area (Å²) in [5, 5.41) is 21.2. The zero-order chi connectivity index (χ0) is 21.5. The van der Waals surface area contributed by atoms with Crippen molar-refractivity contribution in [3.05, 3.63) is 71.8 Å². The maximum absolute atomic E-state index is 10.6. The van der Waals surface area contributed by atoms with Crippen LogP contribution in [-0.4, -0.2) is 95.3 Å². The summed E-state index contributed by atoms with van der Waals surface area (Å²) < 4.78 is 0. The molecule has 4 rings (SSSR count). The molecule has 0 spiro atoms. The predicted molar refractivity (Wildman–Crippen MR) is 123 cm³/mol. The van der Waals surface area contributed by atoms with Crippen LogP contribution in [0.2, 0.25) is 0 Å². The summed E-state index contributed by atoms with van der Waals surface area (Å²) in [7, 11) is 0. The molecular formula is C25H36N4O2. The number of hydrogen-bond donors (Lipinski definition) is 2. The zero-order valence-corrected chi connectivity index (χ0v) is 18.4. The third-order valence-corrected chi connectivity index (χ3v) is 6.65. The number of benzene rings is 2. The lowest BCUT2D eigenvalue weighted by Gasteiger charge is -2.39. The smallest absolute Gasteiger partial charge is 0.133 e. The molecule has 2 unspecified atom stereocenters. The van der Waals surface area contributed by atoms with E-state index in [0.29, 0.717) is 0 Å². The van der Waals surface area contributed by atoms with E-state index in [1.54, 1.807) is 0 Å². The number of piperazine rings is 2. The molecule has 0 bridgehead atoms. The minimum atomic E-state index is -0.495. The quantitative estimate of drug-likeness (QED) is 0.676. The van der Waals surface area contributed by atoms with Crippen molar-refractivity contribution in [2.45, 2.75) is 18.9 Å². The second-order valence-corrected chi connectivity index (χ2v) is 8.68. The predicted octanol–water partition coefficient (Wildman–Crippen LogP) is 1.99. The van der Waals surface area contributed by atoms with E-state index in [2.05, 4.69) is 19.6 Å². The third-order valence-electron chi connectivity index (χ3n) is 6.65. The number of aliphatic hydroxyl groups is 2. The Bertz CT molecular complexity index is 694. The fourth-order valence-corrected chi connectivity index (χ4v) is 4.65. The summed E-state index contributed by atoms with van der Waals surface area (Å²) in [6.07, 6.45) is 0.180. The van der Waals surface area contributed by atoms with Crippen molar-refractivity contribution in [2.75, 3.05) is 65.4 Å². The van der Waals surface area contributed by atoms with E-state index in [9.17, 15) is 10.2 Å². The molecule has 2 atom stereocenters. The summed E-state index contributed by atoms with van der Waals surface area (Å²) in [5.41, 5.74) is 1.96. The molecule has 0 radical (unpaired) electrons. The summed E-state index contributed by atoms with van der Waals surface area (Å²) in [5.74, 6) is 0. The molecule has 2 heterocycles. The van der Waals surface area contributed by atoms with Gasteiger partial charge in [0.15, 0.2) is 0 Å². The Morgan fingerprint density at radius 3 is 1.26 bits per heavy atom. The second kappa shape index (κ2) is 11.2. The van der Waals surface area contributed by atoms with E-state index >= 15 is 0 Å². The van der Waals surface area contributed by atoms with E-state index < -0.39 is 12.5 Å². The molecule has 2 aromatic carbocycles. The Labute approximate surface area is 186 Å². The molecule has 168 valence electrons. The second-order valence-electron chi connectivity index (χ2n) is 8.68. The maximum Gasteiger partial charge on any atom is 0.133 e. The number of nitrogens with zero attached hydrogens (tertiary/aromatic N) is 4. The van der Waals surface area contributed by atoms with Crippen LogP contribution in [0.1, 0.15) is 30.0 Å². The van der Waals surface area contributed by atoms with Crippen LogP contribution in [-0.2, 0) is 0 Å². The molecular weight excluding hydrogens is 388 g/mol. The van der Waals surface area contributed by atoms with Crippen LogP contribution < -0.4 is 0 Å². The van der Waals surface area contributed by atoms with Crippen molar-refractivity contribution in [1.29, 1.82) is 0 Å². The highest BCUT2D eigenvalue weighted by Crippen LogP contribution is 2.20. The number of rotatable bonds is 8. The van der Waals surface area contributed by atoms with E-state index in [4.69, 9.17) is 0 Å². The summed E-state index contributed by atoms with van der Waals surface area (Å²) in [6, 6.07) is 19.9. The van der Waals surface area contributed by atoms with Gasteiger partial charge in [-0.1, -0.05) is 60.7 Å². The zero-order valence-electron chi connectivity index (χ0n) is 18.4. The average Bonchev–Trinajstić information content (AvgIpc) is 2.85. The highest BCUT2D eigenvalue weighted by atomic mass is 16.3. The first-order chi connectivity index (χ1) is 15.2. The number of aliphatic hydroxyl groups excluding tert-OH is 2. The Morgan fingerprint density at radius 2 is 0.903 bits per heavy atom. The van der Waals surface area contributed by atoms with Crippen molar-refractivity contribution in [3.63, 3.8) is 0 Å². The molecule has 0 aromatic heterocycles. The Kier molecular flexibility index (Phi) is 8.08. The first-order valence-corrected chi connectivity index (χ1v) is 11.6. The van der Waals surface area contributed by atoms with Gasteiger partial charge < -0.3 is 20.0 Å². The molecule has 6 heteroatoms. The van der Waals surface area contributed by atoms with Crippen molar-refractivity contribution in [2.24, 2.45) is 0 Å². The molecule has 2 aromatic rings. The molecule has 0 amide bonds. The van der Waals surface area contributed by atoms with Crippen LogP contribution in [0.15, 0.2) is 60.7 Å². The molecule has 2 saturated heterocycles. The van der Waals surface area contributed by atoms with Gasteiger partial charge in [-0.15, -0.1) is 0 Å². The Morgan fingerprint density at radius 1 is 0.548 bits per heavy atom. The molecule has 2 N–H and O–H groups in total. The van der Waals surface area contributed by atoms with Crippen LogP contribution >= 0.6 is 0 Å². The number of hydrogen-bond acceptors (Lipinski definition) is 6. The van der Waals surface area contributed by atoms with Gasteiger partial charge in [0, 0.05) is 52.4 Å². The van der Waals surface area contributed by atoms with Crippen LogP contribution in [0.5, 0.6) is 0 Å².